The highest BCUT2D eigenvalue weighted by Crippen LogP contribution is 2.23. The van der Waals surface area contributed by atoms with Gasteiger partial charge in [-0.25, -0.2) is 4.79 Å². The highest BCUT2D eigenvalue weighted by Gasteiger charge is 2.25. The summed E-state index contributed by atoms with van der Waals surface area (Å²) in [5.41, 5.74) is -0.0431. The average molecular weight is 242 g/mol. The molecule has 0 aliphatic heterocycles. The molecule has 1 unspecified atom stereocenters. The quantitative estimate of drug-likeness (QED) is 0.862. The van der Waals surface area contributed by atoms with Gasteiger partial charge in [-0.1, -0.05) is 26.8 Å². The Balaban J connectivity index is 2.49. The number of rotatable bonds is 5. The van der Waals surface area contributed by atoms with Gasteiger partial charge in [0.1, 0.15) is 0 Å². The van der Waals surface area contributed by atoms with Crippen molar-refractivity contribution in [3.63, 3.8) is 0 Å². The lowest BCUT2D eigenvalue weighted by Crippen LogP contribution is -2.28. The molecule has 0 bridgehead atoms. The van der Waals surface area contributed by atoms with Gasteiger partial charge in [0.15, 0.2) is 6.10 Å². The van der Waals surface area contributed by atoms with Gasteiger partial charge >= 0.3 is 5.97 Å². The number of carboxylic acid groups (broad SMARTS) is 1. The summed E-state index contributed by atoms with van der Waals surface area (Å²) in [6, 6.07) is 3.88. The molecule has 0 aromatic carbocycles. The van der Waals surface area contributed by atoms with Crippen molar-refractivity contribution in [1.82, 2.24) is 0 Å². The summed E-state index contributed by atoms with van der Waals surface area (Å²) in [4.78, 5) is 12.1. The van der Waals surface area contributed by atoms with E-state index in [0.717, 1.165) is 4.88 Å². The Bertz CT molecular complexity index is 325. The summed E-state index contributed by atoms with van der Waals surface area (Å²) < 4.78 is 5.43. The molecule has 1 N–H and O–H groups in total. The monoisotopic (exact) mass is 242 g/mol. The maximum absolute atomic E-state index is 11.0. The van der Waals surface area contributed by atoms with E-state index in [1.807, 2.05) is 38.3 Å². The average Bonchev–Trinajstić information content (AvgIpc) is 2.62. The molecule has 1 atom stereocenters. The van der Waals surface area contributed by atoms with Crippen LogP contribution in [0.5, 0.6) is 0 Å². The van der Waals surface area contributed by atoms with E-state index in [-0.39, 0.29) is 5.41 Å². The topological polar surface area (TPSA) is 46.5 Å². The maximum Gasteiger partial charge on any atom is 0.332 e. The van der Waals surface area contributed by atoms with Crippen LogP contribution in [-0.4, -0.2) is 17.2 Å². The lowest BCUT2D eigenvalue weighted by molar-refractivity contribution is -0.153. The standard InChI is InChI=1S/C12H18O3S/c1-12(2,3)7-10(11(13)14)15-8-9-5-4-6-16-9/h4-6,10H,7-8H2,1-3H3,(H,13,14). The van der Waals surface area contributed by atoms with Crippen LogP contribution in [0, 0.1) is 5.41 Å². The first-order valence-corrected chi connectivity index (χ1v) is 6.13. The van der Waals surface area contributed by atoms with E-state index in [1.165, 1.54) is 0 Å². The number of carbonyl (C=O) groups is 1. The van der Waals surface area contributed by atoms with Gasteiger partial charge in [0, 0.05) is 4.88 Å². The molecule has 1 rings (SSSR count). The van der Waals surface area contributed by atoms with E-state index in [1.54, 1.807) is 11.3 Å². The Hall–Kier alpha value is -0.870. The molecule has 0 saturated carbocycles. The van der Waals surface area contributed by atoms with E-state index in [9.17, 15) is 4.79 Å². The Kier molecular flexibility index (Phi) is 4.50. The van der Waals surface area contributed by atoms with Crippen LogP contribution in [0.3, 0.4) is 0 Å². The van der Waals surface area contributed by atoms with E-state index in [4.69, 9.17) is 9.84 Å². The van der Waals surface area contributed by atoms with Crippen molar-refractivity contribution in [3.05, 3.63) is 22.4 Å². The molecular weight excluding hydrogens is 224 g/mol. The van der Waals surface area contributed by atoms with Gasteiger partial charge in [0.05, 0.1) is 6.61 Å². The molecule has 1 heterocycles. The smallest absolute Gasteiger partial charge is 0.332 e. The fourth-order valence-electron chi connectivity index (χ4n) is 1.35. The van der Waals surface area contributed by atoms with Crippen LogP contribution < -0.4 is 0 Å². The third-order valence-electron chi connectivity index (χ3n) is 2.08. The van der Waals surface area contributed by atoms with Crippen LogP contribution in [0.1, 0.15) is 32.1 Å². The zero-order valence-electron chi connectivity index (χ0n) is 9.90. The molecule has 1 aromatic heterocycles. The van der Waals surface area contributed by atoms with E-state index in [0.29, 0.717) is 13.0 Å². The number of carboxylic acids is 1. The number of ether oxygens (including phenoxy) is 1. The third kappa shape index (κ3) is 4.77. The second-order valence-electron chi connectivity index (χ2n) is 4.98. The molecule has 0 radical (unpaired) electrons. The van der Waals surface area contributed by atoms with Gasteiger partial charge in [0.25, 0.3) is 0 Å². The van der Waals surface area contributed by atoms with Gasteiger partial charge in [0.2, 0.25) is 0 Å². The molecule has 0 spiro atoms. The van der Waals surface area contributed by atoms with Crippen LogP contribution >= 0.6 is 11.3 Å². The van der Waals surface area contributed by atoms with Crippen LogP contribution in [0.25, 0.3) is 0 Å². The first-order chi connectivity index (χ1) is 7.38. The number of aliphatic carboxylic acids is 1. The Labute approximate surface area is 100 Å². The zero-order chi connectivity index (χ0) is 12.2. The summed E-state index contributed by atoms with van der Waals surface area (Å²) in [6.07, 6.45) is -0.199. The highest BCUT2D eigenvalue weighted by molar-refractivity contribution is 7.09. The molecular formula is C12H18O3S. The Morgan fingerprint density at radius 3 is 2.69 bits per heavy atom. The van der Waals surface area contributed by atoms with Crippen molar-refractivity contribution in [3.8, 4) is 0 Å². The Morgan fingerprint density at radius 1 is 1.56 bits per heavy atom. The second kappa shape index (κ2) is 5.46. The zero-order valence-corrected chi connectivity index (χ0v) is 10.7. The number of hydrogen-bond acceptors (Lipinski definition) is 3. The first-order valence-electron chi connectivity index (χ1n) is 5.25. The highest BCUT2D eigenvalue weighted by atomic mass is 32.1. The Morgan fingerprint density at radius 2 is 2.25 bits per heavy atom. The van der Waals surface area contributed by atoms with Gasteiger partial charge in [-0.3, -0.25) is 0 Å². The summed E-state index contributed by atoms with van der Waals surface area (Å²) in [5, 5.41) is 11.0. The minimum Gasteiger partial charge on any atom is -0.479 e. The molecule has 3 nitrogen and oxygen atoms in total. The summed E-state index contributed by atoms with van der Waals surface area (Å²) in [5.74, 6) is -0.883. The second-order valence-corrected chi connectivity index (χ2v) is 6.01. The summed E-state index contributed by atoms with van der Waals surface area (Å²) in [6.45, 7) is 6.41. The largest absolute Gasteiger partial charge is 0.479 e. The molecule has 0 amide bonds. The predicted molar refractivity (Wildman–Crippen MR) is 64.6 cm³/mol. The molecule has 16 heavy (non-hydrogen) atoms. The van der Waals surface area contributed by atoms with Crippen molar-refractivity contribution >= 4 is 17.3 Å². The van der Waals surface area contributed by atoms with Crippen LogP contribution in [0.2, 0.25) is 0 Å². The third-order valence-corrected chi connectivity index (χ3v) is 2.93. The van der Waals surface area contributed by atoms with Gasteiger partial charge in [-0.2, -0.15) is 0 Å². The molecule has 4 heteroatoms. The van der Waals surface area contributed by atoms with Gasteiger partial charge in [-0.05, 0) is 23.3 Å². The van der Waals surface area contributed by atoms with Crippen molar-refractivity contribution in [1.29, 1.82) is 0 Å². The van der Waals surface area contributed by atoms with Gasteiger partial charge in [-0.15, -0.1) is 11.3 Å². The van der Waals surface area contributed by atoms with Crippen molar-refractivity contribution in [2.24, 2.45) is 5.41 Å². The van der Waals surface area contributed by atoms with Crippen LogP contribution in [0.4, 0.5) is 0 Å². The molecule has 0 fully saturated rings. The minimum atomic E-state index is -0.883. The minimum absolute atomic E-state index is 0.0431. The van der Waals surface area contributed by atoms with Gasteiger partial charge < -0.3 is 9.84 Å². The molecule has 0 saturated heterocycles. The summed E-state index contributed by atoms with van der Waals surface area (Å²) >= 11 is 1.58. The number of thiophene rings is 1. The SMILES string of the molecule is CC(C)(C)CC(OCc1cccs1)C(=O)O. The van der Waals surface area contributed by atoms with Crippen molar-refractivity contribution < 1.29 is 14.6 Å². The van der Waals surface area contributed by atoms with E-state index < -0.39 is 12.1 Å². The first kappa shape index (κ1) is 13.2. The van der Waals surface area contributed by atoms with Crippen molar-refractivity contribution in [2.75, 3.05) is 0 Å². The normalized spacial score (nSPS) is 13.7. The van der Waals surface area contributed by atoms with E-state index >= 15 is 0 Å². The number of hydrogen-bond donors (Lipinski definition) is 1. The molecule has 0 aliphatic rings. The molecule has 0 aliphatic carbocycles. The van der Waals surface area contributed by atoms with Crippen LogP contribution in [0.15, 0.2) is 17.5 Å². The fraction of sp³-hybridized carbons (Fsp3) is 0.583. The van der Waals surface area contributed by atoms with Crippen LogP contribution in [-0.2, 0) is 16.1 Å². The maximum atomic E-state index is 11.0. The lowest BCUT2D eigenvalue weighted by Gasteiger charge is -2.23. The lowest BCUT2D eigenvalue weighted by atomic mass is 9.89. The molecule has 1 aromatic rings. The summed E-state index contributed by atoms with van der Waals surface area (Å²) in [7, 11) is 0. The molecule has 90 valence electrons. The van der Waals surface area contributed by atoms with E-state index in [2.05, 4.69) is 0 Å². The van der Waals surface area contributed by atoms with Crippen molar-refractivity contribution in [2.45, 2.75) is 39.9 Å². The predicted octanol–water partition coefficient (Wildman–Crippen LogP) is 3.15. The fourth-order valence-corrected chi connectivity index (χ4v) is 1.98.